The molecule has 0 unspecified atom stereocenters. The highest BCUT2D eigenvalue weighted by molar-refractivity contribution is 5.47. The van der Waals surface area contributed by atoms with Gasteiger partial charge in [0.25, 0.3) is 0 Å². The van der Waals surface area contributed by atoms with Crippen LogP contribution in [0.4, 0.5) is 14.5 Å². The molecule has 5 heteroatoms. The molecule has 3 nitrogen and oxygen atoms in total. The Kier molecular flexibility index (Phi) is 5.79. The Morgan fingerprint density at radius 3 is 2.33 bits per heavy atom. The van der Waals surface area contributed by atoms with Crippen LogP contribution in [0.1, 0.15) is 26.7 Å². The summed E-state index contributed by atoms with van der Waals surface area (Å²) in [6.07, 6.45) is 2.23. The molecule has 118 valence electrons. The molecule has 1 fully saturated rings. The molecular formula is C16H24F2N2O. The fourth-order valence-electron chi connectivity index (χ4n) is 2.74. The first-order valence-electron chi connectivity index (χ1n) is 7.56. The zero-order valence-corrected chi connectivity index (χ0v) is 12.7. The molecule has 1 aliphatic rings. The van der Waals surface area contributed by atoms with Crippen molar-refractivity contribution in [1.29, 1.82) is 0 Å². The molecule has 21 heavy (non-hydrogen) atoms. The minimum absolute atomic E-state index is 0.197. The van der Waals surface area contributed by atoms with E-state index in [2.05, 4.69) is 28.8 Å². The quantitative estimate of drug-likeness (QED) is 0.864. The summed E-state index contributed by atoms with van der Waals surface area (Å²) < 4.78 is 28.5. The van der Waals surface area contributed by atoms with Crippen LogP contribution in [-0.4, -0.2) is 37.2 Å². The van der Waals surface area contributed by atoms with Gasteiger partial charge in [0.1, 0.15) is 5.75 Å². The Labute approximate surface area is 125 Å². The van der Waals surface area contributed by atoms with Crippen LogP contribution in [0.25, 0.3) is 0 Å². The van der Waals surface area contributed by atoms with Crippen molar-refractivity contribution in [2.45, 2.75) is 39.3 Å². The van der Waals surface area contributed by atoms with E-state index in [0.717, 1.165) is 38.2 Å². The second-order valence-electron chi connectivity index (χ2n) is 6.02. The average Bonchev–Trinajstić information content (AvgIpc) is 2.42. The highest BCUT2D eigenvalue weighted by atomic mass is 19.3. The van der Waals surface area contributed by atoms with E-state index >= 15 is 0 Å². The molecule has 1 N–H and O–H groups in total. The summed E-state index contributed by atoms with van der Waals surface area (Å²) in [6, 6.07) is 7.18. The number of anilines is 1. The zero-order valence-electron chi connectivity index (χ0n) is 12.7. The number of ether oxygens (including phenoxy) is 1. The fraction of sp³-hybridized carbons (Fsp3) is 0.625. The van der Waals surface area contributed by atoms with Crippen LogP contribution in [0.2, 0.25) is 0 Å². The normalized spacial score (nSPS) is 17.4. The first kappa shape index (κ1) is 16.0. The minimum Gasteiger partial charge on any atom is -0.435 e. The summed E-state index contributed by atoms with van der Waals surface area (Å²) in [5, 5.41) is 3.47. The summed E-state index contributed by atoms with van der Waals surface area (Å²) in [5.41, 5.74) is 0.957. The van der Waals surface area contributed by atoms with Gasteiger partial charge >= 0.3 is 6.61 Å². The molecule has 0 saturated carbocycles. The number of benzene rings is 1. The fourth-order valence-corrected chi connectivity index (χ4v) is 2.74. The molecule has 1 aromatic rings. The number of hydrogen-bond acceptors (Lipinski definition) is 3. The van der Waals surface area contributed by atoms with Gasteiger partial charge in [-0.25, -0.2) is 0 Å². The lowest BCUT2D eigenvalue weighted by molar-refractivity contribution is -0.0498. The Morgan fingerprint density at radius 2 is 1.81 bits per heavy atom. The molecule has 0 radical (unpaired) electrons. The molecule has 0 aliphatic carbocycles. The van der Waals surface area contributed by atoms with Crippen LogP contribution in [0.3, 0.4) is 0 Å². The Bertz CT molecular complexity index is 415. The third kappa shape index (κ3) is 5.50. The molecule has 0 aromatic heterocycles. The third-order valence-corrected chi connectivity index (χ3v) is 3.66. The molecule has 0 atom stereocenters. The monoisotopic (exact) mass is 298 g/mol. The van der Waals surface area contributed by atoms with Crippen LogP contribution in [-0.2, 0) is 0 Å². The minimum atomic E-state index is -2.77. The zero-order chi connectivity index (χ0) is 15.2. The highest BCUT2D eigenvalue weighted by Gasteiger charge is 2.19. The van der Waals surface area contributed by atoms with E-state index in [-0.39, 0.29) is 5.75 Å². The molecule has 1 saturated heterocycles. The van der Waals surface area contributed by atoms with E-state index in [1.165, 1.54) is 0 Å². The standard InChI is InChI=1S/C16H24F2N2O/c1-12(2)11-20-9-7-14(8-10-20)19-13-3-5-15(6-4-13)21-16(17)18/h3-6,12,14,16,19H,7-11H2,1-2H3. The Balaban J connectivity index is 1.78. The van der Waals surface area contributed by atoms with Crippen molar-refractivity contribution < 1.29 is 13.5 Å². The maximum Gasteiger partial charge on any atom is 0.387 e. The van der Waals surface area contributed by atoms with Gasteiger partial charge in [0.05, 0.1) is 0 Å². The molecule has 0 spiro atoms. The van der Waals surface area contributed by atoms with Gasteiger partial charge in [0, 0.05) is 31.4 Å². The average molecular weight is 298 g/mol. The SMILES string of the molecule is CC(C)CN1CCC(Nc2ccc(OC(F)F)cc2)CC1. The number of likely N-dealkylation sites (tertiary alicyclic amines) is 1. The number of rotatable bonds is 6. The second kappa shape index (κ2) is 7.59. The van der Waals surface area contributed by atoms with Crippen LogP contribution < -0.4 is 10.1 Å². The molecule has 1 aromatic carbocycles. The van der Waals surface area contributed by atoms with Gasteiger partial charge in [-0.2, -0.15) is 8.78 Å². The molecule has 1 heterocycles. The van der Waals surface area contributed by atoms with Crippen molar-refractivity contribution in [2.24, 2.45) is 5.92 Å². The molecule has 1 aliphatic heterocycles. The largest absolute Gasteiger partial charge is 0.435 e. The smallest absolute Gasteiger partial charge is 0.387 e. The Hall–Kier alpha value is -1.36. The summed E-state index contributed by atoms with van der Waals surface area (Å²) in [4.78, 5) is 2.50. The van der Waals surface area contributed by atoms with E-state index in [1.807, 2.05) is 0 Å². The Morgan fingerprint density at radius 1 is 1.19 bits per heavy atom. The van der Waals surface area contributed by atoms with Gasteiger partial charge in [0.15, 0.2) is 0 Å². The number of piperidine rings is 1. The van der Waals surface area contributed by atoms with Crippen molar-refractivity contribution in [2.75, 3.05) is 25.0 Å². The summed E-state index contributed by atoms with van der Waals surface area (Å²) in [6.45, 7) is 5.10. The number of alkyl halides is 2. The molecule has 0 amide bonds. The summed E-state index contributed by atoms with van der Waals surface area (Å²) >= 11 is 0. The van der Waals surface area contributed by atoms with E-state index in [1.54, 1.807) is 24.3 Å². The van der Waals surface area contributed by atoms with Crippen molar-refractivity contribution in [1.82, 2.24) is 4.90 Å². The van der Waals surface area contributed by atoms with Crippen molar-refractivity contribution in [3.63, 3.8) is 0 Å². The molecular weight excluding hydrogens is 274 g/mol. The number of nitrogens with one attached hydrogen (secondary N) is 1. The number of hydrogen-bond donors (Lipinski definition) is 1. The van der Waals surface area contributed by atoms with E-state index < -0.39 is 6.61 Å². The summed E-state index contributed by atoms with van der Waals surface area (Å²) in [7, 11) is 0. The van der Waals surface area contributed by atoms with Crippen LogP contribution in [0.5, 0.6) is 5.75 Å². The maximum atomic E-state index is 12.1. The van der Waals surface area contributed by atoms with E-state index in [9.17, 15) is 8.78 Å². The number of halogens is 2. The number of nitrogens with zero attached hydrogens (tertiary/aromatic N) is 1. The van der Waals surface area contributed by atoms with E-state index in [4.69, 9.17) is 0 Å². The van der Waals surface area contributed by atoms with Gasteiger partial charge < -0.3 is 15.0 Å². The predicted molar refractivity (Wildman–Crippen MR) is 81.0 cm³/mol. The van der Waals surface area contributed by atoms with Crippen molar-refractivity contribution >= 4 is 5.69 Å². The van der Waals surface area contributed by atoms with Crippen molar-refractivity contribution in [3.8, 4) is 5.75 Å². The first-order chi connectivity index (χ1) is 10.0. The molecule has 0 bridgehead atoms. The van der Waals surface area contributed by atoms with Crippen LogP contribution in [0, 0.1) is 5.92 Å². The maximum absolute atomic E-state index is 12.1. The molecule has 2 rings (SSSR count). The van der Waals surface area contributed by atoms with Gasteiger partial charge in [-0.15, -0.1) is 0 Å². The highest BCUT2D eigenvalue weighted by Crippen LogP contribution is 2.21. The van der Waals surface area contributed by atoms with E-state index in [0.29, 0.717) is 12.0 Å². The van der Waals surface area contributed by atoms with Crippen LogP contribution >= 0.6 is 0 Å². The summed E-state index contributed by atoms with van der Waals surface area (Å²) in [5.74, 6) is 0.902. The lowest BCUT2D eigenvalue weighted by Gasteiger charge is -2.33. The van der Waals surface area contributed by atoms with Gasteiger partial charge in [-0.05, 0) is 43.0 Å². The lowest BCUT2D eigenvalue weighted by atomic mass is 10.0. The van der Waals surface area contributed by atoms with Gasteiger partial charge in [-0.3, -0.25) is 0 Å². The predicted octanol–water partition coefficient (Wildman–Crippen LogP) is 3.82. The third-order valence-electron chi connectivity index (χ3n) is 3.66. The lowest BCUT2D eigenvalue weighted by Crippen LogP contribution is -2.40. The van der Waals surface area contributed by atoms with Crippen molar-refractivity contribution in [3.05, 3.63) is 24.3 Å². The topological polar surface area (TPSA) is 24.5 Å². The van der Waals surface area contributed by atoms with Crippen LogP contribution in [0.15, 0.2) is 24.3 Å². The van der Waals surface area contributed by atoms with Gasteiger partial charge in [0.2, 0.25) is 0 Å². The first-order valence-corrected chi connectivity index (χ1v) is 7.56. The second-order valence-corrected chi connectivity index (χ2v) is 6.02. The van der Waals surface area contributed by atoms with Gasteiger partial charge in [-0.1, -0.05) is 13.8 Å².